The molecule has 1 saturated heterocycles. The maximum atomic E-state index is 4.81. The van der Waals surface area contributed by atoms with Crippen LogP contribution in [-0.4, -0.2) is 23.1 Å². The van der Waals surface area contributed by atoms with Crippen molar-refractivity contribution in [3.05, 3.63) is 83.0 Å². The number of aromatic nitrogens is 2. The quantitative estimate of drug-likeness (QED) is 0.635. The number of hydrogen-bond acceptors (Lipinski definition) is 4. The predicted octanol–water partition coefficient (Wildman–Crippen LogP) is 5.16. The van der Waals surface area contributed by atoms with Gasteiger partial charge in [-0.1, -0.05) is 54.6 Å². The van der Waals surface area contributed by atoms with Gasteiger partial charge in [0.05, 0.1) is 0 Å². The van der Waals surface area contributed by atoms with Gasteiger partial charge in [-0.2, -0.15) is 4.98 Å². The molecular weight excluding hydrogens is 356 g/mol. The summed E-state index contributed by atoms with van der Waals surface area (Å²) in [6.45, 7) is 7.05. The Morgan fingerprint density at radius 3 is 2.41 bits per heavy atom. The number of nitrogens with one attached hydrogen (secondary N) is 1. The third kappa shape index (κ3) is 5.14. The molecule has 1 N–H and O–H groups in total. The summed E-state index contributed by atoms with van der Waals surface area (Å²) in [6, 6.07) is 21.4. The number of benzene rings is 2. The second-order valence-corrected chi connectivity index (χ2v) is 8.09. The van der Waals surface area contributed by atoms with Crippen LogP contribution in [0.2, 0.25) is 0 Å². The fourth-order valence-corrected chi connectivity index (χ4v) is 4.09. The zero-order chi connectivity index (χ0) is 20.1. The highest BCUT2D eigenvalue weighted by Crippen LogP contribution is 2.25. The maximum Gasteiger partial charge on any atom is 0.225 e. The van der Waals surface area contributed by atoms with Crippen LogP contribution in [0.3, 0.4) is 0 Å². The molecule has 0 saturated carbocycles. The predicted molar refractivity (Wildman–Crippen MR) is 120 cm³/mol. The molecule has 0 atom stereocenters. The average Bonchev–Trinajstić information content (AvgIpc) is 2.74. The molecule has 0 aliphatic carbocycles. The van der Waals surface area contributed by atoms with Gasteiger partial charge in [-0.3, -0.25) is 0 Å². The first-order valence-electron chi connectivity index (χ1n) is 10.6. The van der Waals surface area contributed by atoms with Crippen LogP contribution < -0.4 is 10.2 Å². The number of rotatable bonds is 6. The van der Waals surface area contributed by atoms with Crippen LogP contribution in [0.15, 0.2) is 60.7 Å². The minimum absolute atomic E-state index is 0.717. The summed E-state index contributed by atoms with van der Waals surface area (Å²) in [4.78, 5) is 11.8. The monoisotopic (exact) mass is 386 g/mol. The Balaban J connectivity index is 1.37. The fraction of sp³-hybridized carbons (Fsp3) is 0.360. The molecule has 2 aromatic carbocycles. The standard InChI is InChI=1S/C25H30N4/c1-19-8-6-7-11-23(19)18-26-25-27-20(2)16-24(28-25)29-14-12-22(13-15-29)17-21-9-4-3-5-10-21/h3-11,16,22H,12-15,17-18H2,1-2H3,(H,26,27,28). The summed E-state index contributed by atoms with van der Waals surface area (Å²) in [7, 11) is 0. The molecule has 4 rings (SSSR count). The molecule has 4 nitrogen and oxygen atoms in total. The highest BCUT2D eigenvalue weighted by molar-refractivity contribution is 5.45. The lowest BCUT2D eigenvalue weighted by Gasteiger charge is -2.33. The second-order valence-electron chi connectivity index (χ2n) is 8.09. The van der Waals surface area contributed by atoms with Crippen LogP contribution in [0.25, 0.3) is 0 Å². The molecule has 0 unspecified atom stereocenters. The van der Waals surface area contributed by atoms with Crippen LogP contribution in [0.1, 0.15) is 35.2 Å². The molecule has 1 aliphatic rings. The van der Waals surface area contributed by atoms with Gasteiger partial charge < -0.3 is 10.2 Å². The molecule has 29 heavy (non-hydrogen) atoms. The van der Waals surface area contributed by atoms with Crippen molar-refractivity contribution in [1.82, 2.24) is 9.97 Å². The van der Waals surface area contributed by atoms with E-state index in [1.54, 1.807) is 0 Å². The lowest BCUT2D eigenvalue weighted by atomic mass is 9.90. The van der Waals surface area contributed by atoms with E-state index in [1.807, 2.05) is 6.92 Å². The van der Waals surface area contributed by atoms with Crippen molar-refractivity contribution in [2.75, 3.05) is 23.3 Å². The fourth-order valence-electron chi connectivity index (χ4n) is 4.09. The van der Waals surface area contributed by atoms with Crippen LogP contribution >= 0.6 is 0 Å². The second kappa shape index (κ2) is 9.08. The van der Waals surface area contributed by atoms with Gasteiger partial charge in [-0.05, 0) is 55.7 Å². The lowest BCUT2D eigenvalue weighted by Crippen LogP contribution is -2.35. The van der Waals surface area contributed by atoms with Gasteiger partial charge in [0.1, 0.15) is 5.82 Å². The molecule has 0 bridgehead atoms. The minimum atomic E-state index is 0.717. The van der Waals surface area contributed by atoms with E-state index in [-0.39, 0.29) is 0 Å². The van der Waals surface area contributed by atoms with Crippen LogP contribution in [-0.2, 0) is 13.0 Å². The number of aryl methyl sites for hydroxylation is 2. The van der Waals surface area contributed by atoms with Crippen molar-refractivity contribution in [1.29, 1.82) is 0 Å². The number of hydrogen-bond donors (Lipinski definition) is 1. The summed E-state index contributed by atoms with van der Waals surface area (Å²) >= 11 is 0. The Kier molecular flexibility index (Phi) is 6.09. The minimum Gasteiger partial charge on any atom is -0.356 e. The van der Waals surface area contributed by atoms with Gasteiger partial charge in [0, 0.05) is 31.4 Å². The third-order valence-corrected chi connectivity index (χ3v) is 5.84. The summed E-state index contributed by atoms with van der Waals surface area (Å²) in [5.41, 5.74) is 5.02. The SMILES string of the molecule is Cc1cc(N2CCC(Cc3ccccc3)CC2)nc(NCc2ccccc2C)n1. The van der Waals surface area contributed by atoms with E-state index in [4.69, 9.17) is 4.98 Å². The number of piperidine rings is 1. The van der Waals surface area contributed by atoms with Gasteiger partial charge in [0.2, 0.25) is 5.95 Å². The first-order chi connectivity index (χ1) is 14.2. The topological polar surface area (TPSA) is 41.1 Å². The van der Waals surface area contributed by atoms with Crippen LogP contribution in [0, 0.1) is 19.8 Å². The molecule has 1 aromatic heterocycles. The normalized spacial score (nSPS) is 14.8. The first-order valence-corrected chi connectivity index (χ1v) is 10.6. The van der Waals surface area contributed by atoms with Gasteiger partial charge in [-0.25, -0.2) is 4.98 Å². The van der Waals surface area contributed by atoms with Gasteiger partial charge in [0.15, 0.2) is 0 Å². The summed E-state index contributed by atoms with van der Waals surface area (Å²) in [5, 5.41) is 3.41. The third-order valence-electron chi connectivity index (χ3n) is 5.84. The van der Waals surface area contributed by atoms with Gasteiger partial charge >= 0.3 is 0 Å². The largest absolute Gasteiger partial charge is 0.356 e. The Bertz CT molecular complexity index is 931. The summed E-state index contributed by atoms with van der Waals surface area (Å²) in [5.74, 6) is 2.52. The van der Waals surface area contributed by atoms with E-state index in [2.05, 4.69) is 82.8 Å². The van der Waals surface area contributed by atoms with Gasteiger partial charge in [0.25, 0.3) is 0 Å². The average molecular weight is 387 g/mol. The summed E-state index contributed by atoms with van der Waals surface area (Å²) < 4.78 is 0. The molecule has 3 aromatic rings. The number of nitrogens with zero attached hydrogens (tertiary/aromatic N) is 3. The van der Waals surface area contributed by atoms with E-state index >= 15 is 0 Å². The maximum absolute atomic E-state index is 4.81. The van der Waals surface area contributed by atoms with E-state index in [1.165, 1.54) is 36.0 Å². The molecule has 4 heteroatoms. The zero-order valence-electron chi connectivity index (χ0n) is 17.4. The van der Waals surface area contributed by atoms with E-state index < -0.39 is 0 Å². The molecule has 1 fully saturated rings. The van der Waals surface area contributed by atoms with Crippen LogP contribution in [0.4, 0.5) is 11.8 Å². The lowest BCUT2D eigenvalue weighted by molar-refractivity contribution is 0.402. The molecule has 2 heterocycles. The van der Waals surface area contributed by atoms with E-state index in [9.17, 15) is 0 Å². The van der Waals surface area contributed by atoms with E-state index in [0.29, 0.717) is 0 Å². The first kappa shape index (κ1) is 19.4. The molecule has 0 radical (unpaired) electrons. The highest BCUT2D eigenvalue weighted by Gasteiger charge is 2.21. The molecule has 1 aliphatic heterocycles. The Morgan fingerprint density at radius 2 is 1.66 bits per heavy atom. The summed E-state index contributed by atoms with van der Waals surface area (Å²) in [6.07, 6.45) is 3.61. The van der Waals surface area contributed by atoms with Crippen molar-refractivity contribution in [2.24, 2.45) is 5.92 Å². The molecular formula is C25H30N4. The smallest absolute Gasteiger partial charge is 0.225 e. The zero-order valence-corrected chi connectivity index (χ0v) is 17.4. The van der Waals surface area contributed by atoms with Crippen molar-refractivity contribution < 1.29 is 0 Å². The Morgan fingerprint density at radius 1 is 0.931 bits per heavy atom. The van der Waals surface area contributed by atoms with Crippen molar-refractivity contribution in [3.8, 4) is 0 Å². The van der Waals surface area contributed by atoms with Crippen molar-refractivity contribution in [3.63, 3.8) is 0 Å². The molecule has 150 valence electrons. The van der Waals surface area contributed by atoms with Crippen molar-refractivity contribution in [2.45, 2.75) is 39.7 Å². The molecule has 0 amide bonds. The van der Waals surface area contributed by atoms with E-state index in [0.717, 1.165) is 43.0 Å². The van der Waals surface area contributed by atoms with Crippen LogP contribution in [0.5, 0.6) is 0 Å². The number of anilines is 2. The van der Waals surface area contributed by atoms with Crippen molar-refractivity contribution >= 4 is 11.8 Å². The molecule has 0 spiro atoms. The highest BCUT2D eigenvalue weighted by atomic mass is 15.2. The Hall–Kier alpha value is -2.88. The Labute approximate surface area is 174 Å². The van der Waals surface area contributed by atoms with Gasteiger partial charge in [-0.15, -0.1) is 0 Å².